The molecule has 0 aliphatic carbocycles. The largest absolute Gasteiger partial charge is 0.490 e. The number of rotatable bonds is 8. The SMILES string of the molecule is CC(C)C1CC(CC(C)C2(F)CCOC(CC(C)C3(CN)CCOCC3)C2)Oc2ccccc21. The molecule has 0 saturated carbocycles. The van der Waals surface area contributed by atoms with Crippen molar-refractivity contribution in [2.75, 3.05) is 26.4 Å². The molecule has 0 spiro atoms. The smallest absolute Gasteiger partial charge is 0.123 e. The van der Waals surface area contributed by atoms with Crippen LogP contribution < -0.4 is 10.5 Å². The summed E-state index contributed by atoms with van der Waals surface area (Å²) in [5.74, 6) is 2.32. The van der Waals surface area contributed by atoms with E-state index in [1.807, 2.05) is 6.07 Å². The second-order valence-corrected chi connectivity index (χ2v) is 11.8. The van der Waals surface area contributed by atoms with E-state index in [-0.39, 0.29) is 23.5 Å². The van der Waals surface area contributed by atoms with Crippen LogP contribution in [0.25, 0.3) is 0 Å². The molecule has 4 nitrogen and oxygen atoms in total. The van der Waals surface area contributed by atoms with Gasteiger partial charge in [0.05, 0.1) is 12.2 Å². The predicted octanol–water partition coefficient (Wildman–Crippen LogP) is 6.27. The van der Waals surface area contributed by atoms with Crippen molar-refractivity contribution < 1.29 is 18.6 Å². The fourth-order valence-corrected chi connectivity index (χ4v) is 6.77. The Bertz CT molecular complexity index is 795. The van der Waals surface area contributed by atoms with Gasteiger partial charge in [0, 0.05) is 32.7 Å². The van der Waals surface area contributed by atoms with Gasteiger partial charge in [-0.25, -0.2) is 4.39 Å². The van der Waals surface area contributed by atoms with E-state index in [1.165, 1.54) is 5.56 Å². The second-order valence-electron chi connectivity index (χ2n) is 11.8. The Morgan fingerprint density at radius 2 is 1.68 bits per heavy atom. The molecule has 0 aromatic heterocycles. The summed E-state index contributed by atoms with van der Waals surface area (Å²) in [5.41, 5.74) is 6.43. The monoisotopic (exact) mass is 475 g/mol. The van der Waals surface area contributed by atoms with Crippen LogP contribution in [0.1, 0.15) is 84.1 Å². The molecule has 1 aromatic rings. The number of alkyl halides is 1. The Balaban J connectivity index is 1.38. The molecule has 2 N–H and O–H groups in total. The van der Waals surface area contributed by atoms with Gasteiger partial charge >= 0.3 is 0 Å². The molecule has 0 bridgehead atoms. The van der Waals surface area contributed by atoms with Crippen molar-refractivity contribution in [2.45, 2.75) is 96.4 Å². The summed E-state index contributed by atoms with van der Waals surface area (Å²) in [6, 6.07) is 8.39. The van der Waals surface area contributed by atoms with Gasteiger partial charge in [0.15, 0.2) is 0 Å². The van der Waals surface area contributed by atoms with Crippen molar-refractivity contribution in [1.82, 2.24) is 0 Å². The highest BCUT2D eigenvalue weighted by Crippen LogP contribution is 2.46. The van der Waals surface area contributed by atoms with E-state index in [0.29, 0.717) is 43.7 Å². The van der Waals surface area contributed by atoms with E-state index >= 15 is 4.39 Å². The second kappa shape index (κ2) is 10.8. The summed E-state index contributed by atoms with van der Waals surface area (Å²) in [4.78, 5) is 0. The first-order chi connectivity index (χ1) is 16.3. The molecule has 6 unspecified atom stereocenters. The van der Waals surface area contributed by atoms with Gasteiger partial charge in [-0.3, -0.25) is 0 Å². The number of ether oxygens (including phenoxy) is 3. The molecular weight excluding hydrogens is 429 g/mol. The van der Waals surface area contributed by atoms with E-state index in [1.54, 1.807) is 0 Å². The quantitative estimate of drug-likeness (QED) is 0.481. The van der Waals surface area contributed by atoms with Crippen LogP contribution >= 0.6 is 0 Å². The minimum absolute atomic E-state index is 0.0427. The number of nitrogens with two attached hydrogens (primary N) is 1. The first-order valence-electron chi connectivity index (χ1n) is 13.6. The van der Waals surface area contributed by atoms with Crippen LogP contribution in [-0.4, -0.2) is 44.2 Å². The van der Waals surface area contributed by atoms with Crippen LogP contribution in [-0.2, 0) is 9.47 Å². The van der Waals surface area contributed by atoms with Gasteiger partial charge in [0.1, 0.15) is 11.4 Å². The molecule has 5 heteroatoms. The van der Waals surface area contributed by atoms with Gasteiger partial charge in [0.25, 0.3) is 0 Å². The van der Waals surface area contributed by atoms with E-state index in [4.69, 9.17) is 19.9 Å². The van der Waals surface area contributed by atoms with Gasteiger partial charge in [0.2, 0.25) is 0 Å². The van der Waals surface area contributed by atoms with Crippen molar-refractivity contribution in [3.05, 3.63) is 29.8 Å². The fraction of sp³-hybridized carbons (Fsp3) is 0.793. The van der Waals surface area contributed by atoms with Crippen molar-refractivity contribution >= 4 is 0 Å². The van der Waals surface area contributed by atoms with Gasteiger partial charge in [-0.1, -0.05) is 45.9 Å². The van der Waals surface area contributed by atoms with E-state index < -0.39 is 5.67 Å². The molecule has 192 valence electrons. The third-order valence-electron chi connectivity index (χ3n) is 9.43. The van der Waals surface area contributed by atoms with Gasteiger partial charge < -0.3 is 19.9 Å². The highest BCUT2D eigenvalue weighted by Gasteiger charge is 2.45. The molecule has 0 amide bonds. The van der Waals surface area contributed by atoms with E-state index in [9.17, 15) is 0 Å². The topological polar surface area (TPSA) is 53.7 Å². The zero-order chi connectivity index (χ0) is 24.3. The van der Waals surface area contributed by atoms with Crippen LogP contribution in [0.2, 0.25) is 0 Å². The average Bonchev–Trinajstić information content (AvgIpc) is 2.83. The number of fused-ring (bicyclic) bond motifs is 1. The zero-order valence-corrected chi connectivity index (χ0v) is 21.7. The molecule has 3 heterocycles. The molecule has 4 rings (SSSR count). The molecule has 3 aliphatic rings. The van der Waals surface area contributed by atoms with Gasteiger partial charge in [-0.05, 0) is 79.4 Å². The number of para-hydroxylation sites is 1. The molecule has 1 aromatic carbocycles. The van der Waals surface area contributed by atoms with Crippen molar-refractivity contribution in [2.24, 2.45) is 28.9 Å². The molecule has 34 heavy (non-hydrogen) atoms. The number of hydrogen-bond acceptors (Lipinski definition) is 4. The summed E-state index contributed by atoms with van der Waals surface area (Å²) in [6.45, 7) is 11.6. The molecule has 0 radical (unpaired) electrons. The predicted molar refractivity (Wildman–Crippen MR) is 135 cm³/mol. The maximum Gasteiger partial charge on any atom is 0.123 e. The molecule has 6 atom stereocenters. The Kier molecular flexibility index (Phi) is 8.26. The number of halogens is 1. The summed E-state index contributed by atoms with van der Waals surface area (Å²) in [5, 5.41) is 0. The van der Waals surface area contributed by atoms with Crippen molar-refractivity contribution in [3.8, 4) is 5.75 Å². The lowest BCUT2D eigenvalue weighted by atomic mass is 9.67. The Labute approximate surface area is 206 Å². The molecule has 2 saturated heterocycles. The van der Waals surface area contributed by atoms with Crippen molar-refractivity contribution in [1.29, 1.82) is 0 Å². The lowest BCUT2D eigenvalue weighted by molar-refractivity contribution is -0.107. The Morgan fingerprint density at radius 3 is 2.38 bits per heavy atom. The number of benzene rings is 1. The fourth-order valence-electron chi connectivity index (χ4n) is 6.77. The highest BCUT2D eigenvalue weighted by molar-refractivity contribution is 5.38. The first kappa shape index (κ1) is 25.9. The third-order valence-corrected chi connectivity index (χ3v) is 9.43. The molecule has 2 fully saturated rings. The zero-order valence-electron chi connectivity index (χ0n) is 21.7. The summed E-state index contributed by atoms with van der Waals surface area (Å²) >= 11 is 0. The molecule has 3 aliphatic heterocycles. The maximum absolute atomic E-state index is 16.4. The highest BCUT2D eigenvalue weighted by atomic mass is 19.1. The average molecular weight is 476 g/mol. The first-order valence-corrected chi connectivity index (χ1v) is 13.6. The van der Waals surface area contributed by atoms with E-state index in [2.05, 4.69) is 45.9 Å². The standard InChI is InChI=1S/C29H46FNO3/c1-20(2)26-17-23(34-27-8-6-5-7-25(26)27)16-22(4)29(30)11-14-33-24(18-29)15-21(3)28(19-31)9-12-32-13-10-28/h5-8,20-24,26H,9-19,31H2,1-4H3. The lowest BCUT2D eigenvalue weighted by Crippen LogP contribution is -2.47. The Morgan fingerprint density at radius 1 is 0.971 bits per heavy atom. The van der Waals surface area contributed by atoms with Gasteiger partial charge in [-0.15, -0.1) is 0 Å². The van der Waals surface area contributed by atoms with Crippen LogP contribution in [0.4, 0.5) is 4.39 Å². The van der Waals surface area contributed by atoms with Gasteiger partial charge in [-0.2, -0.15) is 0 Å². The van der Waals surface area contributed by atoms with Crippen LogP contribution in [0.3, 0.4) is 0 Å². The Hall–Kier alpha value is -1.17. The van der Waals surface area contributed by atoms with Crippen LogP contribution in [0, 0.1) is 23.2 Å². The van der Waals surface area contributed by atoms with Crippen LogP contribution in [0.15, 0.2) is 24.3 Å². The summed E-state index contributed by atoms with van der Waals surface area (Å²) in [7, 11) is 0. The number of hydrogen-bond donors (Lipinski definition) is 1. The van der Waals surface area contributed by atoms with E-state index in [0.717, 1.165) is 51.1 Å². The summed E-state index contributed by atoms with van der Waals surface area (Å²) in [6.07, 6.45) is 5.55. The van der Waals surface area contributed by atoms with Crippen LogP contribution in [0.5, 0.6) is 5.75 Å². The van der Waals surface area contributed by atoms with Crippen molar-refractivity contribution in [3.63, 3.8) is 0 Å². The summed E-state index contributed by atoms with van der Waals surface area (Å²) < 4.78 is 34.5. The lowest BCUT2D eigenvalue weighted by Gasteiger charge is -2.45. The maximum atomic E-state index is 16.4. The third kappa shape index (κ3) is 5.47. The minimum atomic E-state index is -1.21. The minimum Gasteiger partial charge on any atom is -0.490 e. The normalized spacial score (nSPS) is 33.1. The molecular formula is C29H46FNO3.